The van der Waals surface area contributed by atoms with E-state index in [1.54, 1.807) is 0 Å². The Balaban J connectivity index is 2.27. The second-order valence-electron chi connectivity index (χ2n) is 3.72. The highest BCUT2D eigenvalue weighted by atomic mass is 32.3. The van der Waals surface area contributed by atoms with Gasteiger partial charge in [0.1, 0.15) is 0 Å². The molecule has 5 nitrogen and oxygen atoms in total. The lowest BCUT2D eigenvalue weighted by atomic mass is 10.6. The van der Waals surface area contributed by atoms with Crippen LogP contribution in [0.1, 0.15) is 12.8 Å². The lowest BCUT2D eigenvalue weighted by Gasteiger charge is -2.16. The summed E-state index contributed by atoms with van der Waals surface area (Å²) in [6.45, 7) is 1.20. The molecular formula is C7H14N2O3S2. The van der Waals surface area contributed by atoms with Crippen LogP contribution in [0.25, 0.3) is 0 Å². The number of sulfonamides is 1. The van der Waals surface area contributed by atoms with Crippen LogP contribution in [0.4, 0.5) is 0 Å². The van der Waals surface area contributed by atoms with Crippen molar-refractivity contribution in [1.82, 2.24) is 5.32 Å². The van der Waals surface area contributed by atoms with Crippen molar-refractivity contribution in [3.05, 3.63) is 0 Å². The van der Waals surface area contributed by atoms with Crippen molar-refractivity contribution >= 4 is 19.8 Å². The van der Waals surface area contributed by atoms with E-state index in [0.29, 0.717) is 37.4 Å². The van der Waals surface area contributed by atoms with Crippen molar-refractivity contribution in [3.8, 4) is 0 Å². The van der Waals surface area contributed by atoms with Crippen LogP contribution in [0.2, 0.25) is 0 Å². The molecule has 0 amide bonds. The molecule has 7 heteroatoms. The van der Waals surface area contributed by atoms with Crippen LogP contribution in [-0.4, -0.2) is 42.5 Å². The zero-order chi connectivity index (χ0) is 10.2. The third-order valence-corrected chi connectivity index (χ3v) is 7.30. The molecule has 0 spiro atoms. The summed E-state index contributed by atoms with van der Waals surface area (Å²) in [6.07, 6.45) is 1.36. The monoisotopic (exact) mass is 238 g/mol. The smallest absolute Gasteiger partial charge is 0.263 e. The molecule has 0 atom stereocenters. The van der Waals surface area contributed by atoms with Gasteiger partial charge in [-0.05, 0) is 12.8 Å². The quantitative estimate of drug-likeness (QED) is 0.707. The van der Waals surface area contributed by atoms with Gasteiger partial charge in [-0.25, -0.2) is 12.6 Å². The molecule has 0 aromatic rings. The SMILES string of the molecule is O=S(=O)(N=S1(=O)CCNCC1)C1CC1. The van der Waals surface area contributed by atoms with Gasteiger partial charge in [-0.2, -0.15) is 0 Å². The van der Waals surface area contributed by atoms with Crippen molar-refractivity contribution in [2.24, 2.45) is 3.77 Å². The van der Waals surface area contributed by atoms with E-state index in [0.717, 1.165) is 0 Å². The molecule has 0 bridgehead atoms. The fraction of sp³-hybridized carbons (Fsp3) is 1.00. The minimum absolute atomic E-state index is 0.337. The minimum Gasteiger partial charge on any atom is -0.315 e. The third kappa shape index (κ3) is 2.26. The first-order valence-corrected chi connectivity index (χ1v) is 8.06. The van der Waals surface area contributed by atoms with Crippen molar-refractivity contribution in [2.45, 2.75) is 18.1 Å². The maximum Gasteiger partial charge on any atom is 0.263 e. The summed E-state index contributed by atoms with van der Waals surface area (Å²) in [4.78, 5) is 0. The highest BCUT2D eigenvalue weighted by Crippen LogP contribution is 2.30. The topological polar surface area (TPSA) is 75.6 Å². The zero-order valence-electron chi connectivity index (χ0n) is 7.81. The standard InChI is InChI=1S/C7H14N2O3S2/c10-13(5-3-8-4-6-13)9-14(11,12)7-1-2-7/h7-8H,1-6H2. The van der Waals surface area contributed by atoms with Crippen molar-refractivity contribution in [2.75, 3.05) is 24.6 Å². The first-order chi connectivity index (χ1) is 6.52. The van der Waals surface area contributed by atoms with Crippen LogP contribution in [-0.2, 0) is 19.8 Å². The maximum absolute atomic E-state index is 12.0. The van der Waals surface area contributed by atoms with Gasteiger partial charge in [0.2, 0.25) is 0 Å². The lowest BCUT2D eigenvalue weighted by Crippen LogP contribution is -2.36. The van der Waals surface area contributed by atoms with Crippen LogP contribution in [0.3, 0.4) is 0 Å². The van der Waals surface area contributed by atoms with E-state index in [4.69, 9.17) is 0 Å². The molecule has 14 heavy (non-hydrogen) atoms. The van der Waals surface area contributed by atoms with Gasteiger partial charge in [0.25, 0.3) is 10.0 Å². The van der Waals surface area contributed by atoms with E-state index in [1.807, 2.05) is 0 Å². The number of hydrogen-bond donors (Lipinski definition) is 1. The fourth-order valence-electron chi connectivity index (χ4n) is 1.38. The van der Waals surface area contributed by atoms with Gasteiger partial charge in [-0.15, -0.1) is 3.77 Å². The Kier molecular flexibility index (Phi) is 2.57. The van der Waals surface area contributed by atoms with Gasteiger partial charge in [-0.1, -0.05) is 0 Å². The molecule has 0 aromatic carbocycles. The Hall–Kier alpha value is -0.140. The molecule has 0 aromatic heterocycles. The summed E-state index contributed by atoms with van der Waals surface area (Å²) < 4.78 is 38.6. The molecule has 0 radical (unpaired) electrons. The van der Waals surface area contributed by atoms with Gasteiger partial charge in [-0.3, -0.25) is 0 Å². The first kappa shape index (κ1) is 10.4. The van der Waals surface area contributed by atoms with Crippen molar-refractivity contribution < 1.29 is 12.6 Å². The average Bonchev–Trinajstić information content (AvgIpc) is 2.84. The lowest BCUT2D eigenvalue weighted by molar-refractivity contribution is 0.596. The van der Waals surface area contributed by atoms with Crippen LogP contribution in [0.15, 0.2) is 3.77 Å². The molecule has 0 unspecified atom stereocenters. The maximum atomic E-state index is 12.0. The highest BCUT2D eigenvalue weighted by molar-refractivity contribution is 8.03. The van der Waals surface area contributed by atoms with Crippen LogP contribution >= 0.6 is 0 Å². The molecule has 1 aliphatic carbocycles. The number of nitrogens with zero attached hydrogens (tertiary/aromatic N) is 1. The van der Waals surface area contributed by atoms with Gasteiger partial charge < -0.3 is 5.32 Å². The number of hydrogen-bond acceptors (Lipinski definition) is 4. The van der Waals surface area contributed by atoms with E-state index in [1.165, 1.54) is 0 Å². The average molecular weight is 238 g/mol. The molecule has 2 fully saturated rings. The van der Waals surface area contributed by atoms with Gasteiger partial charge in [0, 0.05) is 24.6 Å². The summed E-state index contributed by atoms with van der Waals surface area (Å²) in [5.74, 6) is 0.720. The van der Waals surface area contributed by atoms with E-state index in [9.17, 15) is 12.6 Å². The molecule has 82 valence electrons. The van der Waals surface area contributed by atoms with Crippen molar-refractivity contribution in [3.63, 3.8) is 0 Å². The van der Waals surface area contributed by atoms with Gasteiger partial charge in [0.15, 0.2) is 0 Å². The number of rotatable bonds is 2. The Labute approximate surface area is 84.5 Å². The van der Waals surface area contributed by atoms with E-state index in [-0.39, 0.29) is 5.25 Å². The summed E-state index contributed by atoms with van der Waals surface area (Å²) >= 11 is 0. The molecular weight excluding hydrogens is 224 g/mol. The van der Waals surface area contributed by atoms with E-state index < -0.39 is 19.8 Å². The highest BCUT2D eigenvalue weighted by Gasteiger charge is 2.37. The largest absolute Gasteiger partial charge is 0.315 e. The minimum atomic E-state index is -3.42. The zero-order valence-corrected chi connectivity index (χ0v) is 9.44. The molecule has 1 saturated heterocycles. The van der Waals surface area contributed by atoms with E-state index >= 15 is 0 Å². The Morgan fingerprint density at radius 1 is 1.21 bits per heavy atom. The fourth-order valence-corrected chi connectivity index (χ4v) is 5.84. The Bertz CT molecular complexity index is 418. The van der Waals surface area contributed by atoms with Gasteiger partial charge >= 0.3 is 0 Å². The van der Waals surface area contributed by atoms with Crippen LogP contribution in [0, 0.1) is 0 Å². The Morgan fingerprint density at radius 2 is 1.79 bits per heavy atom. The molecule has 1 heterocycles. The second-order valence-corrected chi connectivity index (χ2v) is 8.37. The van der Waals surface area contributed by atoms with Crippen molar-refractivity contribution in [1.29, 1.82) is 0 Å². The summed E-state index contributed by atoms with van der Waals surface area (Å²) in [7, 11) is -5.90. The molecule has 2 aliphatic rings. The van der Waals surface area contributed by atoms with Gasteiger partial charge in [0.05, 0.1) is 15.0 Å². The molecule has 1 saturated carbocycles. The molecule has 1 N–H and O–H groups in total. The summed E-state index contributed by atoms with van der Waals surface area (Å²) in [5.41, 5.74) is 0. The molecule has 2 rings (SSSR count). The number of nitrogens with one attached hydrogen (secondary N) is 1. The summed E-state index contributed by atoms with van der Waals surface area (Å²) in [6, 6.07) is 0. The first-order valence-electron chi connectivity index (χ1n) is 4.70. The Morgan fingerprint density at radius 3 is 2.29 bits per heavy atom. The van der Waals surface area contributed by atoms with Crippen LogP contribution in [0.5, 0.6) is 0 Å². The third-order valence-electron chi connectivity index (χ3n) is 2.38. The van der Waals surface area contributed by atoms with E-state index in [2.05, 4.69) is 9.08 Å². The molecule has 1 aliphatic heterocycles. The van der Waals surface area contributed by atoms with Crippen LogP contribution < -0.4 is 5.32 Å². The normalized spacial score (nSPS) is 27.1. The predicted molar refractivity (Wildman–Crippen MR) is 55.1 cm³/mol. The second kappa shape index (κ2) is 3.46. The predicted octanol–water partition coefficient (Wildman–Crippen LogP) is -0.450. The summed E-state index contributed by atoms with van der Waals surface area (Å²) in [5, 5.41) is 2.70.